The Morgan fingerprint density at radius 1 is 1.37 bits per heavy atom. The van der Waals surface area contributed by atoms with Gasteiger partial charge in [-0.3, -0.25) is 14.7 Å². The zero-order chi connectivity index (χ0) is 18.7. The van der Waals surface area contributed by atoms with Crippen molar-refractivity contribution < 1.29 is 13.9 Å². The Morgan fingerprint density at radius 2 is 2.22 bits per heavy atom. The van der Waals surface area contributed by atoms with Crippen LogP contribution in [0.1, 0.15) is 29.1 Å². The Balaban J connectivity index is 1.42. The van der Waals surface area contributed by atoms with Crippen LogP contribution in [0.2, 0.25) is 0 Å². The second-order valence-corrected chi connectivity index (χ2v) is 7.65. The number of piperidine rings is 1. The van der Waals surface area contributed by atoms with Crippen molar-refractivity contribution in [1.29, 1.82) is 0 Å². The van der Waals surface area contributed by atoms with Crippen molar-refractivity contribution in [2.75, 3.05) is 39.9 Å². The molecule has 7 nitrogen and oxygen atoms in total. The highest BCUT2D eigenvalue weighted by molar-refractivity contribution is 5.92. The third kappa shape index (κ3) is 3.75. The van der Waals surface area contributed by atoms with Gasteiger partial charge in [0.25, 0.3) is 5.91 Å². The van der Waals surface area contributed by atoms with E-state index in [-0.39, 0.29) is 11.3 Å². The van der Waals surface area contributed by atoms with Crippen molar-refractivity contribution in [2.24, 2.45) is 11.3 Å². The van der Waals surface area contributed by atoms with Gasteiger partial charge in [-0.05, 0) is 30.4 Å². The van der Waals surface area contributed by atoms with Crippen LogP contribution < -0.4 is 0 Å². The number of likely N-dealkylation sites (tertiary alicyclic amines) is 2. The summed E-state index contributed by atoms with van der Waals surface area (Å²) in [6.45, 7) is 5.12. The van der Waals surface area contributed by atoms with Gasteiger partial charge in [0.05, 0.1) is 25.6 Å². The standard InChI is InChI=1S/C20H26N4O3/c1-26-14-16-12-23(13-17-3-2-10-27-17)15-20(16)4-8-24(9-5-20)19(25)18-11-21-6-7-22-18/h2-3,6-7,10-11,16H,4-5,8-9,12-15H2,1H3/t16-/m0/s1. The summed E-state index contributed by atoms with van der Waals surface area (Å²) >= 11 is 0. The van der Waals surface area contributed by atoms with Gasteiger partial charge in [-0.1, -0.05) is 0 Å². The molecule has 1 spiro atoms. The molecular formula is C20H26N4O3. The molecule has 0 aromatic carbocycles. The van der Waals surface area contributed by atoms with Crippen LogP contribution in [0.25, 0.3) is 0 Å². The second kappa shape index (κ2) is 7.78. The molecule has 0 radical (unpaired) electrons. The summed E-state index contributed by atoms with van der Waals surface area (Å²) in [6.07, 6.45) is 8.40. The summed E-state index contributed by atoms with van der Waals surface area (Å²) in [5, 5.41) is 0. The maximum Gasteiger partial charge on any atom is 0.274 e. The van der Waals surface area contributed by atoms with Crippen LogP contribution in [0.5, 0.6) is 0 Å². The van der Waals surface area contributed by atoms with Crippen LogP contribution in [0, 0.1) is 11.3 Å². The number of rotatable bonds is 5. The lowest BCUT2D eigenvalue weighted by molar-refractivity contribution is 0.0319. The number of furan rings is 1. The van der Waals surface area contributed by atoms with Crippen molar-refractivity contribution in [2.45, 2.75) is 19.4 Å². The normalized spacial score (nSPS) is 22.4. The first-order valence-electron chi connectivity index (χ1n) is 9.49. The molecule has 1 amide bonds. The summed E-state index contributed by atoms with van der Waals surface area (Å²) in [5.41, 5.74) is 0.620. The molecule has 2 fully saturated rings. The van der Waals surface area contributed by atoms with Gasteiger partial charge in [-0.15, -0.1) is 0 Å². The van der Waals surface area contributed by atoms with Gasteiger partial charge in [-0.25, -0.2) is 4.98 Å². The lowest BCUT2D eigenvalue weighted by Crippen LogP contribution is -2.47. The van der Waals surface area contributed by atoms with Gasteiger partial charge in [-0.2, -0.15) is 0 Å². The van der Waals surface area contributed by atoms with E-state index in [1.165, 1.54) is 0 Å². The van der Waals surface area contributed by atoms with Crippen LogP contribution in [-0.4, -0.2) is 65.6 Å². The maximum atomic E-state index is 12.7. The number of methoxy groups -OCH3 is 1. The van der Waals surface area contributed by atoms with Crippen molar-refractivity contribution in [3.63, 3.8) is 0 Å². The molecule has 4 heterocycles. The summed E-state index contributed by atoms with van der Waals surface area (Å²) in [7, 11) is 1.77. The summed E-state index contributed by atoms with van der Waals surface area (Å²) in [4.78, 5) is 25.2. The zero-order valence-corrected chi connectivity index (χ0v) is 15.7. The highest BCUT2D eigenvalue weighted by Crippen LogP contribution is 2.45. The molecule has 2 aliphatic rings. The largest absolute Gasteiger partial charge is 0.468 e. The van der Waals surface area contributed by atoms with E-state index in [0.717, 1.165) is 57.9 Å². The van der Waals surface area contributed by atoms with E-state index >= 15 is 0 Å². The lowest BCUT2D eigenvalue weighted by atomic mass is 9.71. The molecule has 2 saturated heterocycles. The Hall–Kier alpha value is -2.25. The molecule has 1 atom stereocenters. The SMILES string of the molecule is COC[C@@H]1CN(Cc2ccco2)CC12CCN(C(=O)c1cnccn1)CC2. The van der Waals surface area contributed by atoms with Crippen LogP contribution in [0.3, 0.4) is 0 Å². The predicted molar refractivity (Wildman–Crippen MR) is 99.0 cm³/mol. The average molecular weight is 370 g/mol. The predicted octanol–water partition coefficient (Wildman–Crippen LogP) is 2.07. The first-order valence-corrected chi connectivity index (χ1v) is 9.49. The fourth-order valence-electron chi connectivity index (χ4n) is 4.61. The number of carbonyl (C=O) groups is 1. The Bertz CT molecular complexity index is 742. The Kier molecular flexibility index (Phi) is 5.22. The van der Waals surface area contributed by atoms with Crippen molar-refractivity contribution in [3.05, 3.63) is 48.4 Å². The van der Waals surface area contributed by atoms with Gasteiger partial charge >= 0.3 is 0 Å². The number of ether oxygens (including phenoxy) is 1. The summed E-state index contributed by atoms with van der Waals surface area (Å²) in [6, 6.07) is 3.96. The van der Waals surface area contributed by atoms with E-state index in [1.807, 2.05) is 17.0 Å². The molecule has 0 N–H and O–H groups in total. The van der Waals surface area contributed by atoms with E-state index in [1.54, 1.807) is 32.0 Å². The number of nitrogens with zero attached hydrogens (tertiary/aromatic N) is 4. The lowest BCUT2D eigenvalue weighted by Gasteiger charge is -2.42. The van der Waals surface area contributed by atoms with Crippen molar-refractivity contribution >= 4 is 5.91 Å². The van der Waals surface area contributed by atoms with Gasteiger partial charge < -0.3 is 14.1 Å². The monoisotopic (exact) mass is 370 g/mol. The minimum Gasteiger partial charge on any atom is -0.468 e. The molecule has 2 aliphatic heterocycles. The van der Waals surface area contributed by atoms with Crippen LogP contribution in [0.15, 0.2) is 41.4 Å². The van der Waals surface area contributed by atoms with Crippen LogP contribution >= 0.6 is 0 Å². The van der Waals surface area contributed by atoms with Crippen molar-refractivity contribution in [3.8, 4) is 0 Å². The first-order chi connectivity index (χ1) is 13.2. The molecule has 144 valence electrons. The average Bonchev–Trinajstić information content (AvgIpc) is 3.32. The molecule has 2 aromatic rings. The highest BCUT2D eigenvalue weighted by Gasteiger charge is 2.48. The zero-order valence-electron chi connectivity index (χ0n) is 15.7. The minimum atomic E-state index is -0.0216. The van der Waals surface area contributed by atoms with Crippen LogP contribution in [0.4, 0.5) is 0 Å². The van der Waals surface area contributed by atoms with E-state index < -0.39 is 0 Å². The van der Waals surface area contributed by atoms with E-state index in [0.29, 0.717) is 11.6 Å². The fraction of sp³-hybridized carbons (Fsp3) is 0.550. The third-order valence-electron chi connectivity index (χ3n) is 6.04. The van der Waals surface area contributed by atoms with Gasteiger partial charge in [0.2, 0.25) is 0 Å². The number of aromatic nitrogens is 2. The smallest absolute Gasteiger partial charge is 0.274 e. The topological polar surface area (TPSA) is 71.7 Å². The molecule has 4 rings (SSSR count). The molecule has 7 heteroatoms. The maximum absolute atomic E-state index is 12.7. The van der Waals surface area contributed by atoms with E-state index in [2.05, 4.69) is 14.9 Å². The number of amides is 1. The van der Waals surface area contributed by atoms with E-state index in [4.69, 9.17) is 9.15 Å². The van der Waals surface area contributed by atoms with Crippen molar-refractivity contribution in [1.82, 2.24) is 19.8 Å². The summed E-state index contributed by atoms with van der Waals surface area (Å²) in [5.74, 6) is 1.45. The molecule has 27 heavy (non-hydrogen) atoms. The van der Waals surface area contributed by atoms with E-state index in [9.17, 15) is 4.79 Å². The Labute approximate surface area is 159 Å². The van der Waals surface area contributed by atoms with Gasteiger partial charge in [0.1, 0.15) is 11.5 Å². The quantitative estimate of drug-likeness (QED) is 0.802. The highest BCUT2D eigenvalue weighted by atomic mass is 16.5. The van der Waals surface area contributed by atoms with Crippen LogP contribution in [-0.2, 0) is 11.3 Å². The molecule has 2 aromatic heterocycles. The third-order valence-corrected chi connectivity index (χ3v) is 6.04. The molecule has 0 bridgehead atoms. The molecule has 0 aliphatic carbocycles. The van der Waals surface area contributed by atoms with Gasteiger partial charge in [0, 0.05) is 51.6 Å². The molecule has 0 unspecified atom stereocenters. The second-order valence-electron chi connectivity index (χ2n) is 7.65. The number of hydrogen-bond acceptors (Lipinski definition) is 6. The van der Waals surface area contributed by atoms with Gasteiger partial charge in [0.15, 0.2) is 0 Å². The molecular weight excluding hydrogens is 344 g/mol. The summed E-state index contributed by atoms with van der Waals surface area (Å²) < 4.78 is 11.1. The number of carbonyl (C=O) groups excluding carboxylic acids is 1. The fourth-order valence-corrected chi connectivity index (χ4v) is 4.61. The first kappa shape index (κ1) is 18.1. The minimum absolute atomic E-state index is 0.0216. The Morgan fingerprint density at radius 3 is 2.89 bits per heavy atom. The molecule has 0 saturated carbocycles. The number of hydrogen-bond donors (Lipinski definition) is 0.